The van der Waals surface area contributed by atoms with Crippen molar-refractivity contribution >= 4 is 21.8 Å². The lowest BCUT2D eigenvalue weighted by Crippen LogP contribution is -2.24. The van der Waals surface area contributed by atoms with Gasteiger partial charge in [-0.2, -0.15) is 0 Å². The number of pyridine rings is 1. The molecule has 1 aromatic heterocycles. The maximum Gasteiger partial charge on any atom is 0.276 e. The first-order valence-electron chi connectivity index (χ1n) is 3.37. The van der Waals surface area contributed by atoms with Crippen LogP contribution in [-0.2, 0) is 4.84 Å². The standard InChI is InChI=1S/C7H7BrN2O3/c1-13-10-6(11)4-2-3-9-7(12)5(4)8/h2-3H,1H3,(H,9,12)(H,10,11). The molecule has 0 radical (unpaired) electrons. The zero-order chi connectivity index (χ0) is 9.84. The topological polar surface area (TPSA) is 71.2 Å². The van der Waals surface area contributed by atoms with Crippen LogP contribution in [0, 0.1) is 0 Å². The van der Waals surface area contributed by atoms with Crippen LogP contribution in [0.5, 0.6) is 0 Å². The molecule has 0 aliphatic heterocycles. The van der Waals surface area contributed by atoms with E-state index in [4.69, 9.17) is 0 Å². The molecule has 70 valence electrons. The Morgan fingerprint density at radius 2 is 2.38 bits per heavy atom. The Labute approximate surface area is 82.2 Å². The van der Waals surface area contributed by atoms with Crippen LogP contribution in [0.1, 0.15) is 10.4 Å². The number of H-pyrrole nitrogens is 1. The molecule has 6 heteroatoms. The van der Waals surface area contributed by atoms with Crippen LogP contribution >= 0.6 is 15.9 Å². The monoisotopic (exact) mass is 246 g/mol. The molecular weight excluding hydrogens is 240 g/mol. The number of hydrogen-bond acceptors (Lipinski definition) is 3. The molecule has 0 saturated carbocycles. The third-order valence-corrected chi connectivity index (χ3v) is 2.13. The number of carbonyl (C=O) groups is 1. The van der Waals surface area contributed by atoms with Crippen molar-refractivity contribution in [3.05, 3.63) is 32.7 Å². The first-order valence-corrected chi connectivity index (χ1v) is 4.16. The number of aromatic amines is 1. The minimum Gasteiger partial charge on any atom is -0.328 e. The second-order valence-electron chi connectivity index (χ2n) is 2.17. The van der Waals surface area contributed by atoms with Gasteiger partial charge in [0.1, 0.15) is 0 Å². The minimum absolute atomic E-state index is 0.185. The van der Waals surface area contributed by atoms with Gasteiger partial charge in [0.15, 0.2) is 0 Å². The molecule has 0 aromatic carbocycles. The van der Waals surface area contributed by atoms with Gasteiger partial charge >= 0.3 is 0 Å². The van der Waals surface area contributed by atoms with E-state index in [2.05, 4.69) is 31.2 Å². The van der Waals surface area contributed by atoms with Crippen molar-refractivity contribution in [2.75, 3.05) is 7.11 Å². The fourth-order valence-electron chi connectivity index (χ4n) is 0.783. The predicted octanol–water partition coefficient (Wildman–Crippen LogP) is 0.429. The molecular formula is C7H7BrN2O3. The average molecular weight is 247 g/mol. The zero-order valence-corrected chi connectivity index (χ0v) is 8.34. The Bertz CT molecular complexity index is 374. The highest BCUT2D eigenvalue weighted by atomic mass is 79.9. The Morgan fingerprint density at radius 1 is 1.69 bits per heavy atom. The van der Waals surface area contributed by atoms with Gasteiger partial charge in [0.25, 0.3) is 11.5 Å². The van der Waals surface area contributed by atoms with Crippen molar-refractivity contribution < 1.29 is 9.63 Å². The minimum atomic E-state index is -0.472. The summed E-state index contributed by atoms with van der Waals surface area (Å²) in [5, 5.41) is 0. The van der Waals surface area contributed by atoms with Crippen LogP contribution in [0.25, 0.3) is 0 Å². The summed E-state index contributed by atoms with van der Waals surface area (Å²) in [6, 6.07) is 1.47. The first-order chi connectivity index (χ1) is 6.16. The number of halogens is 1. The lowest BCUT2D eigenvalue weighted by Gasteiger charge is -2.02. The summed E-state index contributed by atoms with van der Waals surface area (Å²) in [4.78, 5) is 29.1. The summed E-state index contributed by atoms with van der Waals surface area (Å²) in [7, 11) is 1.32. The van der Waals surface area contributed by atoms with Gasteiger partial charge in [-0.05, 0) is 22.0 Å². The molecule has 1 amide bonds. The van der Waals surface area contributed by atoms with E-state index in [0.29, 0.717) is 0 Å². The van der Waals surface area contributed by atoms with Crippen molar-refractivity contribution in [2.45, 2.75) is 0 Å². The summed E-state index contributed by atoms with van der Waals surface area (Å²) < 4.78 is 0.185. The van der Waals surface area contributed by atoms with E-state index >= 15 is 0 Å². The number of aromatic nitrogens is 1. The van der Waals surface area contributed by atoms with Crippen LogP contribution in [0.2, 0.25) is 0 Å². The molecule has 0 unspecified atom stereocenters. The summed E-state index contributed by atoms with van der Waals surface area (Å²) in [6.07, 6.45) is 1.39. The average Bonchev–Trinajstić information content (AvgIpc) is 2.10. The van der Waals surface area contributed by atoms with Crippen molar-refractivity contribution in [3.8, 4) is 0 Å². The number of hydrogen-bond donors (Lipinski definition) is 2. The summed E-state index contributed by atoms with van der Waals surface area (Å²) in [6.45, 7) is 0. The Balaban J connectivity index is 3.08. The van der Waals surface area contributed by atoms with E-state index in [1.807, 2.05) is 0 Å². The first kappa shape index (κ1) is 9.94. The highest BCUT2D eigenvalue weighted by Gasteiger charge is 2.11. The highest BCUT2D eigenvalue weighted by Crippen LogP contribution is 2.09. The molecule has 0 spiro atoms. The van der Waals surface area contributed by atoms with Crippen LogP contribution in [-0.4, -0.2) is 18.0 Å². The summed E-state index contributed by atoms with van der Waals surface area (Å²) in [5.74, 6) is -0.472. The van der Waals surface area contributed by atoms with E-state index in [-0.39, 0.29) is 15.6 Å². The molecule has 0 aliphatic rings. The van der Waals surface area contributed by atoms with E-state index in [0.717, 1.165) is 0 Å². The molecule has 0 aliphatic carbocycles. The largest absolute Gasteiger partial charge is 0.328 e. The van der Waals surface area contributed by atoms with E-state index < -0.39 is 5.91 Å². The van der Waals surface area contributed by atoms with Gasteiger partial charge in [-0.1, -0.05) is 0 Å². The normalized spacial score (nSPS) is 9.69. The molecule has 0 bridgehead atoms. The molecule has 2 N–H and O–H groups in total. The van der Waals surface area contributed by atoms with Gasteiger partial charge in [-0.3, -0.25) is 14.4 Å². The zero-order valence-electron chi connectivity index (χ0n) is 6.76. The maximum atomic E-state index is 11.2. The second-order valence-corrected chi connectivity index (χ2v) is 2.96. The van der Waals surface area contributed by atoms with Crippen molar-refractivity contribution in [2.24, 2.45) is 0 Å². The molecule has 0 fully saturated rings. The Kier molecular flexibility index (Phi) is 3.21. The third kappa shape index (κ3) is 2.16. The lowest BCUT2D eigenvalue weighted by molar-refractivity contribution is 0.0536. The van der Waals surface area contributed by atoms with Crippen LogP contribution in [0.15, 0.2) is 21.5 Å². The van der Waals surface area contributed by atoms with Gasteiger partial charge < -0.3 is 4.98 Å². The molecule has 1 aromatic rings. The number of rotatable bonds is 2. The Morgan fingerprint density at radius 3 is 3.00 bits per heavy atom. The SMILES string of the molecule is CONC(=O)c1cc[nH]c(=O)c1Br. The number of nitrogens with one attached hydrogen (secondary N) is 2. The van der Waals surface area contributed by atoms with E-state index in [9.17, 15) is 9.59 Å². The fraction of sp³-hybridized carbons (Fsp3) is 0.143. The second kappa shape index (κ2) is 4.20. The smallest absolute Gasteiger partial charge is 0.276 e. The molecule has 0 atom stereocenters. The summed E-state index contributed by atoms with van der Waals surface area (Å²) in [5.41, 5.74) is 1.98. The molecule has 13 heavy (non-hydrogen) atoms. The number of carbonyl (C=O) groups excluding carboxylic acids is 1. The van der Waals surface area contributed by atoms with Crippen LogP contribution in [0.4, 0.5) is 0 Å². The van der Waals surface area contributed by atoms with E-state index in [1.54, 1.807) is 0 Å². The van der Waals surface area contributed by atoms with Crippen molar-refractivity contribution in [3.63, 3.8) is 0 Å². The molecule has 0 saturated heterocycles. The van der Waals surface area contributed by atoms with E-state index in [1.165, 1.54) is 19.4 Å². The quantitative estimate of drug-likeness (QED) is 0.744. The number of amides is 1. The molecule has 5 nitrogen and oxygen atoms in total. The highest BCUT2D eigenvalue weighted by molar-refractivity contribution is 9.10. The Hall–Kier alpha value is -1.14. The van der Waals surface area contributed by atoms with Gasteiger partial charge in [0.05, 0.1) is 17.1 Å². The van der Waals surface area contributed by atoms with Gasteiger partial charge in [-0.15, -0.1) is 0 Å². The maximum absolute atomic E-state index is 11.2. The van der Waals surface area contributed by atoms with Crippen molar-refractivity contribution in [1.29, 1.82) is 0 Å². The molecule has 1 heterocycles. The van der Waals surface area contributed by atoms with Gasteiger partial charge in [-0.25, -0.2) is 5.48 Å². The lowest BCUT2D eigenvalue weighted by atomic mass is 10.2. The van der Waals surface area contributed by atoms with Crippen LogP contribution < -0.4 is 11.0 Å². The summed E-state index contributed by atoms with van der Waals surface area (Å²) >= 11 is 2.99. The van der Waals surface area contributed by atoms with Gasteiger partial charge in [0, 0.05) is 6.20 Å². The van der Waals surface area contributed by atoms with Gasteiger partial charge in [0.2, 0.25) is 0 Å². The third-order valence-electron chi connectivity index (χ3n) is 1.34. The predicted molar refractivity (Wildman–Crippen MR) is 49.2 cm³/mol. The number of hydroxylamine groups is 1. The van der Waals surface area contributed by atoms with Crippen LogP contribution in [0.3, 0.4) is 0 Å². The molecule has 1 rings (SSSR count). The van der Waals surface area contributed by atoms with Crippen molar-refractivity contribution in [1.82, 2.24) is 10.5 Å². The fourth-order valence-corrected chi connectivity index (χ4v) is 1.21.